The predicted molar refractivity (Wildman–Crippen MR) is 108 cm³/mol. The third-order valence-corrected chi connectivity index (χ3v) is 5.11. The van der Waals surface area contributed by atoms with Crippen LogP contribution in [-0.2, 0) is 0 Å². The van der Waals surface area contributed by atoms with Crippen LogP contribution in [0.2, 0.25) is 0 Å². The summed E-state index contributed by atoms with van der Waals surface area (Å²) >= 11 is 0. The fourth-order valence-electron chi connectivity index (χ4n) is 3.42. The lowest BCUT2D eigenvalue weighted by molar-refractivity contribution is -0.384. The maximum Gasteiger partial charge on any atom is 0.293 e. The SMILES string of the molecule is CC(=O)c1ccccc1NC(=O)c1ccc(N2CCC(C)CC2)c([N+](=O)[O-])c1. The summed E-state index contributed by atoms with van der Waals surface area (Å²) < 4.78 is 0. The summed E-state index contributed by atoms with van der Waals surface area (Å²) in [4.78, 5) is 37.5. The first kappa shape index (κ1) is 19.5. The van der Waals surface area contributed by atoms with Crippen molar-refractivity contribution in [2.75, 3.05) is 23.3 Å². The van der Waals surface area contributed by atoms with E-state index in [9.17, 15) is 19.7 Å². The number of piperidine rings is 1. The van der Waals surface area contributed by atoms with E-state index in [1.165, 1.54) is 13.0 Å². The second kappa shape index (κ2) is 8.21. The number of carbonyl (C=O) groups excluding carboxylic acids is 2. The van der Waals surface area contributed by atoms with Gasteiger partial charge in [-0.1, -0.05) is 19.1 Å². The summed E-state index contributed by atoms with van der Waals surface area (Å²) in [5, 5.41) is 14.3. The smallest absolute Gasteiger partial charge is 0.293 e. The van der Waals surface area contributed by atoms with Crippen LogP contribution in [0.15, 0.2) is 42.5 Å². The molecule has 0 saturated carbocycles. The molecule has 0 unspecified atom stereocenters. The third-order valence-electron chi connectivity index (χ3n) is 5.11. The number of ketones is 1. The van der Waals surface area contributed by atoms with Crippen LogP contribution in [0, 0.1) is 16.0 Å². The van der Waals surface area contributed by atoms with Crippen molar-refractivity contribution in [2.24, 2.45) is 5.92 Å². The molecule has 3 rings (SSSR count). The van der Waals surface area contributed by atoms with Gasteiger partial charge in [0.25, 0.3) is 11.6 Å². The average molecular weight is 381 g/mol. The molecule has 0 radical (unpaired) electrons. The lowest BCUT2D eigenvalue weighted by Crippen LogP contribution is -2.33. The standard InChI is InChI=1S/C21H23N3O4/c1-14-9-11-23(12-10-14)19-8-7-16(13-20(19)24(27)28)21(26)22-18-6-4-3-5-17(18)15(2)25/h3-8,13-14H,9-12H2,1-2H3,(H,22,26). The summed E-state index contributed by atoms with van der Waals surface area (Å²) in [5.74, 6) is -0.0473. The van der Waals surface area contributed by atoms with Gasteiger partial charge in [0, 0.05) is 30.3 Å². The Kier molecular flexibility index (Phi) is 5.73. The Bertz CT molecular complexity index is 918. The zero-order valence-electron chi connectivity index (χ0n) is 16.0. The summed E-state index contributed by atoms with van der Waals surface area (Å²) in [5.41, 5.74) is 1.42. The molecule has 1 fully saturated rings. The van der Waals surface area contributed by atoms with E-state index in [1.807, 2.05) is 4.90 Å². The minimum Gasteiger partial charge on any atom is -0.366 e. The molecule has 2 aromatic rings. The van der Waals surface area contributed by atoms with Crippen molar-refractivity contribution in [2.45, 2.75) is 26.7 Å². The monoisotopic (exact) mass is 381 g/mol. The fourth-order valence-corrected chi connectivity index (χ4v) is 3.42. The summed E-state index contributed by atoms with van der Waals surface area (Å²) in [6.45, 7) is 5.13. The number of nitrogens with zero attached hydrogens (tertiary/aromatic N) is 2. The zero-order chi connectivity index (χ0) is 20.3. The number of hydrogen-bond acceptors (Lipinski definition) is 5. The number of carbonyl (C=O) groups is 2. The maximum absolute atomic E-state index is 12.6. The van der Waals surface area contributed by atoms with E-state index < -0.39 is 10.8 Å². The molecule has 1 aliphatic rings. The van der Waals surface area contributed by atoms with Crippen molar-refractivity contribution in [1.82, 2.24) is 0 Å². The van der Waals surface area contributed by atoms with Crippen LogP contribution < -0.4 is 10.2 Å². The molecule has 7 nitrogen and oxygen atoms in total. The molecule has 1 saturated heterocycles. The largest absolute Gasteiger partial charge is 0.366 e. The predicted octanol–water partition coefficient (Wildman–Crippen LogP) is 4.29. The van der Waals surface area contributed by atoms with E-state index in [2.05, 4.69) is 12.2 Å². The molecule has 1 amide bonds. The van der Waals surface area contributed by atoms with Crippen molar-refractivity contribution >= 4 is 28.8 Å². The van der Waals surface area contributed by atoms with Crippen LogP contribution in [0.3, 0.4) is 0 Å². The van der Waals surface area contributed by atoms with Crippen LogP contribution in [0.4, 0.5) is 17.1 Å². The number of Topliss-reactive ketones (excluding diaryl/α,β-unsaturated/α-hetero) is 1. The molecule has 2 aromatic carbocycles. The van der Waals surface area contributed by atoms with Crippen molar-refractivity contribution < 1.29 is 14.5 Å². The van der Waals surface area contributed by atoms with Crippen molar-refractivity contribution in [3.8, 4) is 0 Å². The molecule has 0 bridgehead atoms. The van der Waals surface area contributed by atoms with Crippen molar-refractivity contribution in [3.05, 3.63) is 63.7 Å². The number of benzene rings is 2. The number of hydrogen-bond donors (Lipinski definition) is 1. The highest BCUT2D eigenvalue weighted by atomic mass is 16.6. The second-order valence-electron chi connectivity index (χ2n) is 7.19. The molecule has 0 aliphatic carbocycles. The quantitative estimate of drug-likeness (QED) is 0.474. The van der Waals surface area contributed by atoms with E-state index >= 15 is 0 Å². The highest BCUT2D eigenvalue weighted by Crippen LogP contribution is 2.32. The minimum absolute atomic E-state index is 0.0814. The van der Waals surface area contributed by atoms with Gasteiger partial charge in [-0.15, -0.1) is 0 Å². The van der Waals surface area contributed by atoms with Gasteiger partial charge in [-0.2, -0.15) is 0 Å². The molecule has 28 heavy (non-hydrogen) atoms. The van der Waals surface area contributed by atoms with E-state index in [0.29, 0.717) is 22.9 Å². The lowest BCUT2D eigenvalue weighted by Gasteiger charge is -2.31. The van der Waals surface area contributed by atoms with Gasteiger partial charge in [-0.25, -0.2) is 0 Å². The summed E-state index contributed by atoms with van der Waals surface area (Å²) in [6, 6.07) is 11.2. The number of nitro groups is 1. The molecule has 0 spiro atoms. The molecule has 1 N–H and O–H groups in total. The van der Waals surface area contributed by atoms with Crippen LogP contribution in [0.25, 0.3) is 0 Å². The van der Waals surface area contributed by atoms with Crippen molar-refractivity contribution in [3.63, 3.8) is 0 Å². The molecule has 0 aromatic heterocycles. The van der Waals surface area contributed by atoms with Gasteiger partial charge in [-0.05, 0) is 49.9 Å². The highest BCUT2D eigenvalue weighted by Gasteiger charge is 2.25. The van der Waals surface area contributed by atoms with E-state index in [4.69, 9.17) is 0 Å². The summed E-state index contributed by atoms with van der Waals surface area (Å²) in [6.07, 6.45) is 1.97. The first-order chi connectivity index (χ1) is 13.4. The van der Waals surface area contributed by atoms with Gasteiger partial charge < -0.3 is 10.2 Å². The Morgan fingerprint density at radius 1 is 1.14 bits per heavy atom. The summed E-state index contributed by atoms with van der Waals surface area (Å²) in [7, 11) is 0. The molecule has 0 atom stereocenters. The Morgan fingerprint density at radius 3 is 2.46 bits per heavy atom. The number of para-hydroxylation sites is 1. The fraction of sp³-hybridized carbons (Fsp3) is 0.333. The molecular formula is C21H23N3O4. The molecule has 146 valence electrons. The number of amides is 1. The number of nitrogens with one attached hydrogen (secondary N) is 1. The maximum atomic E-state index is 12.6. The third kappa shape index (κ3) is 4.19. The normalized spacial score (nSPS) is 14.6. The second-order valence-corrected chi connectivity index (χ2v) is 7.19. The highest BCUT2D eigenvalue weighted by molar-refractivity contribution is 6.09. The number of nitro benzene ring substituents is 1. The van der Waals surface area contributed by atoms with Crippen LogP contribution in [-0.4, -0.2) is 29.7 Å². The van der Waals surface area contributed by atoms with Gasteiger partial charge >= 0.3 is 0 Å². The van der Waals surface area contributed by atoms with Gasteiger partial charge in [-0.3, -0.25) is 19.7 Å². The van der Waals surface area contributed by atoms with Gasteiger partial charge in [0.1, 0.15) is 5.69 Å². The van der Waals surface area contributed by atoms with E-state index in [1.54, 1.807) is 36.4 Å². The Balaban J connectivity index is 1.87. The Hall–Kier alpha value is -3.22. The number of anilines is 2. The Labute approximate surface area is 163 Å². The van der Waals surface area contributed by atoms with Gasteiger partial charge in [0.2, 0.25) is 0 Å². The topological polar surface area (TPSA) is 92.6 Å². The van der Waals surface area contributed by atoms with E-state index in [-0.39, 0.29) is 17.0 Å². The van der Waals surface area contributed by atoms with E-state index in [0.717, 1.165) is 25.9 Å². The minimum atomic E-state index is -0.490. The Morgan fingerprint density at radius 2 is 1.82 bits per heavy atom. The lowest BCUT2D eigenvalue weighted by atomic mass is 9.98. The first-order valence-electron chi connectivity index (χ1n) is 9.31. The van der Waals surface area contributed by atoms with Crippen LogP contribution >= 0.6 is 0 Å². The number of rotatable bonds is 5. The van der Waals surface area contributed by atoms with Crippen LogP contribution in [0.1, 0.15) is 47.4 Å². The van der Waals surface area contributed by atoms with Crippen LogP contribution in [0.5, 0.6) is 0 Å². The first-order valence-corrected chi connectivity index (χ1v) is 9.31. The molecule has 7 heteroatoms. The van der Waals surface area contributed by atoms with Gasteiger partial charge in [0.05, 0.1) is 10.6 Å². The zero-order valence-corrected chi connectivity index (χ0v) is 16.0. The van der Waals surface area contributed by atoms with Crippen molar-refractivity contribution in [1.29, 1.82) is 0 Å². The molecule has 1 aliphatic heterocycles. The molecular weight excluding hydrogens is 358 g/mol. The molecule has 1 heterocycles. The average Bonchev–Trinajstić information content (AvgIpc) is 2.68. The van der Waals surface area contributed by atoms with Gasteiger partial charge in [0.15, 0.2) is 5.78 Å².